The van der Waals surface area contributed by atoms with Crippen molar-refractivity contribution in [2.75, 3.05) is 0 Å². The number of halogens is 2. The molecule has 1 aromatic carbocycles. The van der Waals surface area contributed by atoms with Crippen LogP contribution in [0.4, 0.5) is 5.69 Å². The lowest BCUT2D eigenvalue weighted by molar-refractivity contribution is -0.384. The molecule has 108 valence electrons. The molecule has 0 radical (unpaired) electrons. The number of hydrogen-bond donors (Lipinski definition) is 0. The highest BCUT2D eigenvalue weighted by Crippen LogP contribution is 2.43. The van der Waals surface area contributed by atoms with E-state index in [0.29, 0.717) is 5.76 Å². The second kappa shape index (κ2) is 5.13. The summed E-state index contributed by atoms with van der Waals surface area (Å²) >= 11 is 11.6. The van der Waals surface area contributed by atoms with Gasteiger partial charge in [-0.25, -0.2) is 0 Å². The van der Waals surface area contributed by atoms with Gasteiger partial charge in [0, 0.05) is 5.92 Å². The molecule has 1 fully saturated rings. The molecule has 0 amide bonds. The van der Waals surface area contributed by atoms with E-state index in [2.05, 4.69) is 5.16 Å². The van der Waals surface area contributed by atoms with Crippen LogP contribution >= 0.6 is 23.2 Å². The average molecular weight is 327 g/mol. The van der Waals surface area contributed by atoms with Crippen LogP contribution in [-0.2, 0) is 0 Å². The molecule has 8 heteroatoms. The highest BCUT2D eigenvalue weighted by molar-refractivity contribution is 6.44. The van der Waals surface area contributed by atoms with E-state index < -0.39 is 16.4 Å². The van der Waals surface area contributed by atoms with Gasteiger partial charge in [-0.1, -0.05) is 28.4 Å². The smallest absolute Gasteiger partial charge is 0.300 e. The Morgan fingerprint density at radius 3 is 2.67 bits per heavy atom. The van der Waals surface area contributed by atoms with Crippen LogP contribution in [0.1, 0.15) is 40.4 Å². The predicted molar refractivity (Wildman–Crippen MR) is 75.0 cm³/mol. The van der Waals surface area contributed by atoms with E-state index in [1.165, 1.54) is 18.3 Å². The summed E-state index contributed by atoms with van der Waals surface area (Å²) in [5.41, 5.74) is -0.393. The van der Waals surface area contributed by atoms with Crippen LogP contribution in [0, 0.1) is 10.1 Å². The van der Waals surface area contributed by atoms with Crippen molar-refractivity contribution in [2.24, 2.45) is 0 Å². The Bertz CT molecular complexity index is 753. The maximum Gasteiger partial charge on any atom is 0.300 e. The molecule has 0 N–H and O–H groups in total. The van der Waals surface area contributed by atoms with E-state index in [4.69, 9.17) is 27.7 Å². The minimum atomic E-state index is -0.717. The van der Waals surface area contributed by atoms with Crippen molar-refractivity contribution in [1.82, 2.24) is 5.16 Å². The molecule has 0 atom stereocenters. The van der Waals surface area contributed by atoms with E-state index in [-0.39, 0.29) is 27.1 Å². The number of carbonyl (C=O) groups excluding carboxylic acids is 1. The van der Waals surface area contributed by atoms with Crippen LogP contribution in [0.5, 0.6) is 0 Å². The molecule has 1 saturated carbocycles. The Hall–Kier alpha value is -1.92. The van der Waals surface area contributed by atoms with Crippen molar-refractivity contribution in [1.29, 1.82) is 0 Å². The standard InChI is InChI=1S/C13H8Cl2N2O4/c14-9-4-3-7(11(10(9)15)17(19)20)12(18)8-5-16-21-13(8)6-1-2-6/h3-6H,1-2H2. The molecule has 6 nitrogen and oxygen atoms in total. The lowest BCUT2D eigenvalue weighted by Gasteiger charge is -2.04. The first kappa shape index (κ1) is 14.0. The second-order valence-corrected chi connectivity index (χ2v) is 5.51. The van der Waals surface area contributed by atoms with Crippen LogP contribution in [0.15, 0.2) is 22.9 Å². The molecule has 1 aliphatic carbocycles. The Labute approximate surface area is 128 Å². The lowest BCUT2D eigenvalue weighted by Crippen LogP contribution is -2.07. The second-order valence-electron chi connectivity index (χ2n) is 4.72. The fourth-order valence-electron chi connectivity index (χ4n) is 2.11. The quantitative estimate of drug-likeness (QED) is 0.481. The lowest BCUT2D eigenvalue weighted by atomic mass is 10.0. The van der Waals surface area contributed by atoms with Gasteiger partial charge in [0.15, 0.2) is 5.76 Å². The summed E-state index contributed by atoms with van der Waals surface area (Å²) < 4.78 is 5.09. The Balaban J connectivity index is 2.11. The summed E-state index contributed by atoms with van der Waals surface area (Å²) in [4.78, 5) is 23.0. The molecule has 0 spiro atoms. The van der Waals surface area contributed by atoms with Crippen LogP contribution in [-0.4, -0.2) is 15.9 Å². The van der Waals surface area contributed by atoms with Gasteiger partial charge in [0.1, 0.15) is 10.6 Å². The Morgan fingerprint density at radius 1 is 1.33 bits per heavy atom. The Morgan fingerprint density at radius 2 is 2.05 bits per heavy atom. The third kappa shape index (κ3) is 2.41. The van der Waals surface area contributed by atoms with Crippen molar-refractivity contribution < 1.29 is 14.2 Å². The SMILES string of the molecule is O=C(c1cnoc1C1CC1)c1ccc(Cl)c(Cl)c1[N+](=O)[O-]. The average Bonchev–Trinajstić information content (AvgIpc) is 3.17. The zero-order valence-electron chi connectivity index (χ0n) is 10.5. The number of carbonyl (C=O) groups is 1. The molecule has 1 heterocycles. The van der Waals surface area contributed by atoms with Gasteiger partial charge in [0.25, 0.3) is 0 Å². The molecule has 1 aromatic heterocycles. The van der Waals surface area contributed by atoms with Gasteiger partial charge in [0.2, 0.25) is 5.78 Å². The summed E-state index contributed by atoms with van der Waals surface area (Å²) in [6, 6.07) is 2.65. The number of nitrogens with zero attached hydrogens (tertiary/aromatic N) is 2. The number of nitro groups is 1. The normalized spacial score (nSPS) is 14.2. The van der Waals surface area contributed by atoms with Gasteiger partial charge >= 0.3 is 5.69 Å². The van der Waals surface area contributed by atoms with Crippen LogP contribution in [0.25, 0.3) is 0 Å². The third-order valence-electron chi connectivity index (χ3n) is 3.29. The van der Waals surface area contributed by atoms with Crippen LogP contribution < -0.4 is 0 Å². The molecular weight excluding hydrogens is 319 g/mol. The molecule has 0 bridgehead atoms. The topological polar surface area (TPSA) is 86.2 Å². The summed E-state index contributed by atoms with van der Waals surface area (Å²) in [7, 11) is 0. The van der Waals surface area contributed by atoms with Crippen molar-refractivity contribution in [2.45, 2.75) is 18.8 Å². The summed E-state index contributed by atoms with van der Waals surface area (Å²) in [5, 5.41) is 14.6. The number of benzene rings is 1. The number of hydrogen-bond acceptors (Lipinski definition) is 5. The van der Waals surface area contributed by atoms with Crippen LogP contribution in [0.3, 0.4) is 0 Å². The number of aromatic nitrogens is 1. The van der Waals surface area contributed by atoms with Crippen molar-refractivity contribution >= 4 is 34.7 Å². The third-order valence-corrected chi connectivity index (χ3v) is 4.08. The molecule has 2 aromatic rings. The van der Waals surface area contributed by atoms with Gasteiger partial charge in [-0.05, 0) is 25.0 Å². The van der Waals surface area contributed by atoms with E-state index in [1.807, 2.05) is 0 Å². The van der Waals surface area contributed by atoms with Gasteiger partial charge in [-0.3, -0.25) is 14.9 Å². The largest absolute Gasteiger partial charge is 0.360 e. The predicted octanol–water partition coefficient (Wildman–Crippen LogP) is 4.00. The van der Waals surface area contributed by atoms with Gasteiger partial charge < -0.3 is 4.52 Å². The molecule has 0 aliphatic heterocycles. The van der Waals surface area contributed by atoms with Crippen molar-refractivity contribution in [3.63, 3.8) is 0 Å². The summed E-state index contributed by atoms with van der Waals surface area (Å²) in [6.45, 7) is 0. The number of rotatable bonds is 4. The zero-order valence-corrected chi connectivity index (χ0v) is 12.0. The fourth-order valence-corrected chi connectivity index (χ4v) is 2.49. The highest BCUT2D eigenvalue weighted by Gasteiger charge is 2.35. The van der Waals surface area contributed by atoms with Crippen molar-refractivity contribution in [3.8, 4) is 0 Å². The van der Waals surface area contributed by atoms with E-state index in [0.717, 1.165) is 12.8 Å². The number of nitro benzene ring substituents is 1. The van der Waals surface area contributed by atoms with Gasteiger partial charge in [0.05, 0.1) is 21.7 Å². The molecular formula is C13H8Cl2N2O4. The first-order valence-electron chi connectivity index (χ1n) is 6.12. The Kier molecular flexibility index (Phi) is 3.43. The molecule has 1 aliphatic rings. The van der Waals surface area contributed by atoms with E-state index >= 15 is 0 Å². The highest BCUT2D eigenvalue weighted by atomic mass is 35.5. The van der Waals surface area contributed by atoms with E-state index in [1.54, 1.807) is 0 Å². The summed E-state index contributed by atoms with van der Waals surface area (Å²) in [6.07, 6.45) is 3.11. The monoisotopic (exact) mass is 326 g/mol. The molecule has 3 rings (SSSR count). The van der Waals surface area contributed by atoms with Crippen molar-refractivity contribution in [3.05, 3.63) is 55.4 Å². The maximum atomic E-state index is 12.5. The maximum absolute atomic E-state index is 12.5. The van der Waals surface area contributed by atoms with Gasteiger partial charge in [-0.15, -0.1) is 0 Å². The van der Waals surface area contributed by atoms with Crippen LogP contribution in [0.2, 0.25) is 10.0 Å². The van der Waals surface area contributed by atoms with E-state index in [9.17, 15) is 14.9 Å². The number of ketones is 1. The van der Waals surface area contributed by atoms with Gasteiger partial charge in [-0.2, -0.15) is 0 Å². The summed E-state index contributed by atoms with van der Waals surface area (Å²) in [5.74, 6) is 0.0945. The first-order valence-corrected chi connectivity index (χ1v) is 6.88. The first-order chi connectivity index (χ1) is 10.0. The fraction of sp³-hybridized carbons (Fsp3) is 0.231. The minimum Gasteiger partial charge on any atom is -0.360 e. The molecule has 21 heavy (non-hydrogen) atoms. The minimum absolute atomic E-state index is 0.0210. The molecule has 0 unspecified atom stereocenters. The zero-order chi connectivity index (χ0) is 15.1. The molecule has 0 saturated heterocycles.